The number of carbonyl (C=O) groups excluding carboxylic acids is 2. The molecule has 0 aromatic heterocycles. The molecule has 5 nitrogen and oxygen atoms in total. The van der Waals surface area contributed by atoms with Crippen LogP contribution in [0.15, 0.2) is 0 Å². The van der Waals surface area contributed by atoms with Gasteiger partial charge in [0.15, 0.2) is 0 Å². The minimum absolute atomic E-state index is 0.00473. The third-order valence-corrected chi connectivity index (χ3v) is 4.37. The van der Waals surface area contributed by atoms with Gasteiger partial charge >= 0.3 is 0 Å². The van der Waals surface area contributed by atoms with Gasteiger partial charge in [0.25, 0.3) is 0 Å². The van der Waals surface area contributed by atoms with Gasteiger partial charge in [-0.05, 0) is 26.2 Å². The van der Waals surface area contributed by atoms with E-state index in [2.05, 4.69) is 12.2 Å². The van der Waals surface area contributed by atoms with Crippen LogP contribution in [-0.4, -0.2) is 60.4 Å². The Balaban J connectivity index is 1.94. The number of nitrogens with zero attached hydrogens (tertiary/aromatic N) is 2. The summed E-state index contributed by atoms with van der Waals surface area (Å²) < 4.78 is 0. The molecule has 1 N–H and O–H groups in total. The molecule has 0 aliphatic carbocycles. The van der Waals surface area contributed by atoms with Crippen LogP contribution in [-0.2, 0) is 9.59 Å². The van der Waals surface area contributed by atoms with E-state index in [1.54, 1.807) is 0 Å². The zero-order valence-electron chi connectivity index (χ0n) is 12.7. The van der Waals surface area contributed by atoms with E-state index in [9.17, 15) is 9.59 Å². The van der Waals surface area contributed by atoms with Crippen molar-refractivity contribution in [3.63, 3.8) is 0 Å². The van der Waals surface area contributed by atoms with Gasteiger partial charge in [-0.25, -0.2) is 0 Å². The first kappa shape index (κ1) is 15.3. The van der Waals surface area contributed by atoms with Gasteiger partial charge in [0, 0.05) is 45.2 Å². The van der Waals surface area contributed by atoms with E-state index >= 15 is 0 Å². The number of hydrogen-bond acceptors (Lipinski definition) is 3. The number of carbonyl (C=O) groups is 2. The highest BCUT2D eigenvalue weighted by atomic mass is 16.2. The summed E-state index contributed by atoms with van der Waals surface area (Å²) in [4.78, 5) is 28.5. The SMILES string of the molecule is CCCC(=O)N1CCCC(C(=O)N2CCNC[C@H]2C)C1. The Morgan fingerprint density at radius 1 is 1.30 bits per heavy atom. The lowest BCUT2D eigenvalue weighted by molar-refractivity contribution is -0.143. The van der Waals surface area contributed by atoms with E-state index in [1.165, 1.54) is 0 Å². The van der Waals surface area contributed by atoms with Gasteiger partial charge in [-0.1, -0.05) is 6.92 Å². The molecule has 2 aliphatic rings. The number of amides is 2. The summed E-state index contributed by atoms with van der Waals surface area (Å²) in [7, 11) is 0. The van der Waals surface area contributed by atoms with E-state index in [0.29, 0.717) is 13.0 Å². The maximum Gasteiger partial charge on any atom is 0.227 e. The van der Waals surface area contributed by atoms with E-state index in [0.717, 1.165) is 45.4 Å². The van der Waals surface area contributed by atoms with Crippen molar-refractivity contribution in [1.82, 2.24) is 15.1 Å². The fourth-order valence-electron chi connectivity index (χ4n) is 3.18. The first-order valence-electron chi connectivity index (χ1n) is 7.92. The molecule has 2 fully saturated rings. The normalized spacial score (nSPS) is 27.5. The first-order chi connectivity index (χ1) is 9.63. The van der Waals surface area contributed by atoms with E-state index in [-0.39, 0.29) is 23.8 Å². The maximum atomic E-state index is 12.6. The van der Waals surface area contributed by atoms with E-state index < -0.39 is 0 Å². The molecule has 2 heterocycles. The Bertz CT molecular complexity index is 359. The molecular weight excluding hydrogens is 254 g/mol. The Hall–Kier alpha value is -1.10. The van der Waals surface area contributed by atoms with Crippen LogP contribution >= 0.6 is 0 Å². The number of rotatable bonds is 3. The van der Waals surface area contributed by atoms with Crippen LogP contribution < -0.4 is 5.32 Å². The third kappa shape index (κ3) is 3.51. The molecular formula is C15H27N3O2. The highest BCUT2D eigenvalue weighted by Gasteiger charge is 2.33. The quantitative estimate of drug-likeness (QED) is 0.834. The average Bonchev–Trinajstić information content (AvgIpc) is 2.47. The van der Waals surface area contributed by atoms with Gasteiger partial charge in [0.2, 0.25) is 11.8 Å². The predicted octanol–water partition coefficient (Wildman–Crippen LogP) is 0.845. The van der Waals surface area contributed by atoms with Crippen molar-refractivity contribution >= 4 is 11.8 Å². The molecule has 2 aliphatic heterocycles. The minimum Gasteiger partial charge on any atom is -0.342 e. The molecule has 2 atom stereocenters. The lowest BCUT2D eigenvalue weighted by Crippen LogP contribution is -2.55. The minimum atomic E-state index is 0.00473. The number of likely N-dealkylation sites (tertiary alicyclic amines) is 1. The summed E-state index contributed by atoms with van der Waals surface area (Å²) in [6, 6.07) is 0.262. The molecule has 20 heavy (non-hydrogen) atoms. The van der Waals surface area contributed by atoms with Gasteiger partial charge in [0.05, 0.1) is 5.92 Å². The molecule has 2 rings (SSSR count). The van der Waals surface area contributed by atoms with E-state index in [4.69, 9.17) is 0 Å². The Morgan fingerprint density at radius 2 is 2.10 bits per heavy atom. The van der Waals surface area contributed by atoms with Gasteiger partial charge in [-0.3, -0.25) is 9.59 Å². The highest BCUT2D eigenvalue weighted by Crippen LogP contribution is 2.21. The second kappa shape index (κ2) is 7.07. The number of nitrogens with one attached hydrogen (secondary N) is 1. The monoisotopic (exact) mass is 281 g/mol. The summed E-state index contributed by atoms with van der Waals surface area (Å²) in [5.74, 6) is 0.455. The first-order valence-corrected chi connectivity index (χ1v) is 7.92. The smallest absolute Gasteiger partial charge is 0.227 e. The largest absolute Gasteiger partial charge is 0.342 e. The van der Waals surface area contributed by atoms with Crippen LogP contribution in [0.1, 0.15) is 39.5 Å². The zero-order valence-corrected chi connectivity index (χ0v) is 12.7. The molecule has 0 saturated carbocycles. The van der Waals surface area contributed by atoms with Crippen molar-refractivity contribution in [3.8, 4) is 0 Å². The summed E-state index contributed by atoms with van der Waals surface area (Å²) in [6.07, 6.45) is 3.35. The Morgan fingerprint density at radius 3 is 2.80 bits per heavy atom. The molecule has 0 radical (unpaired) electrons. The van der Waals surface area contributed by atoms with Crippen molar-refractivity contribution in [2.24, 2.45) is 5.92 Å². The molecule has 5 heteroatoms. The van der Waals surface area contributed by atoms with E-state index in [1.807, 2.05) is 16.7 Å². The molecule has 0 aromatic rings. The second-order valence-corrected chi connectivity index (χ2v) is 6.01. The van der Waals surface area contributed by atoms with Crippen LogP contribution in [0.25, 0.3) is 0 Å². The van der Waals surface area contributed by atoms with Crippen LogP contribution in [0.3, 0.4) is 0 Å². The summed E-state index contributed by atoms with van der Waals surface area (Å²) in [6.45, 7) is 8.09. The number of hydrogen-bond donors (Lipinski definition) is 1. The fraction of sp³-hybridized carbons (Fsp3) is 0.867. The third-order valence-electron chi connectivity index (χ3n) is 4.37. The van der Waals surface area contributed by atoms with Crippen LogP contribution in [0, 0.1) is 5.92 Å². The van der Waals surface area contributed by atoms with Crippen molar-refractivity contribution in [3.05, 3.63) is 0 Å². The number of piperazine rings is 1. The Labute approximate surface area is 121 Å². The molecule has 0 spiro atoms. The lowest BCUT2D eigenvalue weighted by Gasteiger charge is -2.39. The van der Waals surface area contributed by atoms with Crippen LogP contribution in [0.5, 0.6) is 0 Å². The van der Waals surface area contributed by atoms with Gasteiger partial charge in [-0.2, -0.15) is 0 Å². The van der Waals surface area contributed by atoms with Gasteiger partial charge in [-0.15, -0.1) is 0 Å². The molecule has 0 bridgehead atoms. The predicted molar refractivity (Wildman–Crippen MR) is 78.3 cm³/mol. The van der Waals surface area contributed by atoms with Gasteiger partial charge in [0.1, 0.15) is 0 Å². The van der Waals surface area contributed by atoms with Crippen LogP contribution in [0.4, 0.5) is 0 Å². The number of piperidine rings is 1. The van der Waals surface area contributed by atoms with Crippen LogP contribution in [0.2, 0.25) is 0 Å². The summed E-state index contributed by atoms with van der Waals surface area (Å²) in [5, 5.41) is 3.31. The second-order valence-electron chi connectivity index (χ2n) is 6.01. The zero-order chi connectivity index (χ0) is 14.5. The standard InChI is InChI=1S/C15H27N3O2/c1-3-5-14(19)17-8-4-6-13(11-17)15(20)18-9-7-16-10-12(18)2/h12-13,16H,3-11H2,1-2H3/t12-,13?/m1/s1. The topological polar surface area (TPSA) is 52.7 Å². The Kier molecular flexibility index (Phi) is 5.40. The molecule has 1 unspecified atom stereocenters. The molecule has 114 valence electrons. The maximum absolute atomic E-state index is 12.6. The summed E-state index contributed by atoms with van der Waals surface area (Å²) in [5.41, 5.74) is 0. The van der Waals surface area contributed by atoms with Crippen molar-refractivity contribution < 1.29 is 9.59 Å². The highest BCUT2D eigenvalue weighted by molar-refractivity contribution is 5.81. The fourth-order valence-corrected chi connectivity index (χ4v) is 3.18. The van der Waals surface area contributed by atoms with Crippen molar-refractivity contribution in [1.29, 1.82) is 0 Å². The summed E-state index contributed by atoms with van der Waals surface area (Å²) >= 11 is 0. The average molecular weight is 281 g/mol. The molecule has 2 saturated heterocycles. The van der Waals surface area contributed by atoms with Crippen molar-refractivity contribution in [2.45, 2.75) is 45.6 Å². The van der Waals surface area contributed by atoms with Gasteiger partial charge < -0.3 is 15.1 Å². The molecule has 2 amide bonds. The van der Waals surface area contributed by atoms with Crippen molar-refractivity contribution in [2.75, 3.05) is 32.7 Å². The molecule has 0 aromatic carbocycles. The lowest BCUT2D eigenvalue weighted by atomic mass is 9.95.